The Morgan fingerprint density at radius 1 is 1.14 bits per heavy atom. The minimum absolute atomic E-state index is 0.610. The number of aromatic nitrogens is 3. The summed E-state index contributed by atoms with van der Waals surface area (Å²) in [6, 6.07) is 9.58. The van der Waals surface area contributed by atoms with Crippen molar-refractivity contribution in [3.63, 3.8) is 0 Å². The van der Waals surface area contributed by atoms with Crippen molar-refractivity contribution in [2.45, 2.75) is 6.92 Å². The Bertz CT molecular complexity index is 1080. The maximum absolute atomic E-state index is 5.40. The highest BCUT2D eigenvalue weighted by molar-refractivity contribution is 5.95. The molecular formula is C23H22N4O. The first-order valence-electron chi connectivity index (χ1n) is 8.81. The molecule has 3 rings (SSSR count). The summed E-state index contributed by atoms with van der Waals surface area (Å²) in [7, 11) is 1.64. The molecular weight excluding hydrogens is 348 g/mol. The van der Waals surface area contributed by atoms with E-state index < -0.39 is 0 Å². The van der Waals surface area contributed by atoms with Crippen molar-refractivity contribution in [1.29, 1.82) is 0 Å². The van der Waals surface area contributed by atoms with E-state index in [-0.39, 0.29) is 0 Å². The van der Waals surface area contributed by atoms with Crippen LogP contribution < -0.4 is 10.5 Å². The Kier molecular flexibility index (Phi) is 5.97. The summed E-state index contributed by atoms with van der Waals surface area (Å²) < 4.78 is 5.40. The summed E-state index contributed by atoms with van der Waals surface area (Å²) >= 11 is 0. The monoisotopic (exact) mass is 370 g/mol. The first kappa shape index (κ1) is 19.0. The van der Waals surface area contributed by atoms with E-state index in [2.05, 4.69) is 11.6 Å². The number of hydrogen-bond donors (Lipinski definition) is 1. The number of methoxy groups -OCH3 is 1. The highest BCUT2D eigenvalue weighted by Gasteiger charge is 2.14. The molecule has 0 radical (unpaired) electrons. The van der Waals surface area contributed by atoms with Crippen LogP contribution in [0.4, 0.5) is 0 Å². The van der Waals surface area contributed by atoms with Gasteiger partial charge in [-0.2, -0.15) is 0 Å². The van der Waals surface area contributed by atoms with Crippen molar-refractivity contribution in [2.24, 2.45) is 5.73 Å². The molecule has 0 unspecified atom stereocenters. The molecule has 0 aliphatic carbocycles. The zero-order valence-electron chi connectivity index (χ0n) is 16.0. The summed E-state index contributed by atoms with van der Waals surface area (Å²) in [5.74, 6) is 1.35. The van der Waals surface area contributed by atoms with Gasteiger partial charge in [-0.1, -0.05) is 24.8 Å². The van der Waals surface area contributed by atoms with Gasteiger partial charge in [-0.15, -0.1) is 0 Å². The van der Waals surface area contributed by atoms with Crippen molar-refractivity contribution < 1.29 is 4.74 Å². The minimum Gasteiger partial charge on any atom is -0.497 e. The molecule has 5 nitrogen and oxygen atoms in total. The van der Waals surface area contributed by atoms with Crippen LogP contribution in [0.3, 0.4) is 0 Å². The third-order valence-electron chi connectivity index (χ3n) is 4.13. The minimum atomic E-state index is 0.610. The topological polar surface area (TPSA) is 73.9 Å². The lowest BCUT2D eigenvalue weighted by Gasteiger charge is -2.13. The Labute approximate surface area is 164 Å². The van der Waals surface area contributed by atoms with Crippen LogP contribution in [0, 0.1) is 0 Å². The second kappa shape index (κ2) is 8.77. The quantitative estimate of drug-likeness (QED) is 0.637. The molecule has 5 heteroatoms. The van der Waals surface area contributed by atoms with E-state index in [9.17, 15) is 0 Å². The lowest BCUT2D eigenvalue weighted by molar-refractivity contribution is 0.415. The van der Waals surface area contributed by atoms with Crippen molar-refractivity contribution in [2.75, 3.05) is 7.11 Å². The number of hydrogen-bond acceptors (Lipinski definition) is 5. The average Bonchev–Trinajstić information content (AvgIpc) is 2.73. The second-order valence-electron chi connectivity index (χ2n) is 6.15. The molecule has 0 spiro atoms. The Morgan fingerprint density at radius 3 is 2.68 bits per heavy atom. The predicted molar refractivity (Wildman–Crippen MR) is 115 cm³/mol. The molecule has 0 fully saturated rings. The van der Waals surface area contributed by atoms with Gasteiger partial charge in [0.15, 0.2) is 5.82 Å². The molecule has 0 aliphatic heterocycles. The van der Waals surface area contributed by atoms with E-state index in [4.69, 9.17) is 20.4 Å². The zero-order chi connectivity index (χ0) is 19.9. The third-order valence-corrected chi connectivity index (χ3v) is 4.13. The smallest absolute Gasteiger partial charge is 0.161 e. The average molecular weight is 370 g/mol. The van der Waals surface area contributed by atoms with E-state index in [1.165, 1.54) is 6.20 Å². The number of nitrogens with two attached hydrogens (primary N) is 1. The van der Waals surface area contributed by atoms with Crippen molar-refractivity contribution in [3.05, 3.63) is 91.1 Å². The number of fused-ring (bicyclic) bond motifs is 1. The van der Waals surface area contributed by atoms with Gasteiger partial charge in [-0.05, 0) is 55.1 Å². The van der Waals surface area contributed by atoms with E-state index in [1.54, 1.807) is 25.6 Å². The molecule has 0 saturated carbocycles. The standard InChI is InChI=1S/C23H22N4O/c1-16(2)19(9-5-4-6-12-24)22-20-14-18(28-3)10-11-21(20)26-23(27-22)17-8-7-13-25-15-17/h4-15H,1,24H2,2-3H3/b5-4-,12-6+,19-9-. The molecule has 0 saturated heterocycles. The Hall–Kier alpha value is -3.73. The van der Waals surface area contributed by atoms with Gasteiger partial charge in [0.1, 0.15) is 5.75 Å². The van der Waals surface area contributed by atoms with Crippen molar-refractivity contribution in [3.8, 4) is 17.1 Å². The number of nitrogens with zero attached hydrogens (tertiary/aromatic N) is 3. The fourth-order valence-corrected chi connectivity index (χ4v) is 2.77. The molecule has 3 aromatic rings. The molecule has 2 N–H and O–H groups in total. The SMILES string of the molecule is C=C(C)/C(=C/C=C\C=C\N)c1nc(-c2cccnc2)nc2ccc(OC)cc12. The van der Waals surface area contributed by atoms with Gasteiger partial charge in [0, 0.05) is 28.9 Å². The molecule has 2 aromatic heterocycles. The predicted octanol–water partition coefficient (Wildman–Crippen LogP) is 4.69. The van der Waals surface area contributed by atoms with Crippen LogP contribution in [0.1, 0.15) is 12.6 Å². The third kappa shape index (κ3) is 4.15. The number of allylic oxidation sites excluding steroid dienone is 6. The van der Waals surface area contributed by atoms with Gasteiger partial charge in [0.25, 0.3) is 0 Å². The summed E-state index contributed by atoms with van der Waals surface area (Å²) in [4.78, 5) is 13.8. The molecule has 28 heavy (non-hydrogen) atoms. The fraction of sp³-hybridized carbons (Fsp3) is 0.0870. The highest BCUT2D eigenvalue weighted by Crippen LogP contribution is 2.31. The van der Waals surface area contributed by atoms with E-state index in [1.807, 2.05) is 55.5 Å². The second-order valence-corrected chi connectivity index (χ2v) is 6.15. The summed E-state index contributed by atoms with van der Waals surface area (Å²) in [5.41, 5.74) is 9.66. The lowest BCUT2D eigenvalue weighted by atomic mass is 10.00. The first-order chi connectivity index (χ1) is 13.6. The summed E-state index contributed by atoms with van der Waals surface area (Å²) in [6.07, 6.45) is 12.5. The number of benzene rings is 1. The molecule has 2 heterocycles. The van der Waals surface area contributed by atoms with Crippen LogP contribution in [0.2, 0.25) is 0 Å². The van der Waals surface area contributed by atoms with Crippen LogP contribution in [0.15, 0.2) is 85.4 Å². The van der Waals surface area contributed by atoms with E-state index in [0.717, 1.165) is 39.1 Å². The van der Waals surface area contributed by atoms with E-state index in [0.29, 0.717) is 5.82 Å². The molecule has 0 bridgehead atoms. The molecule has 140 valence electrons. The zero-order valence-corrected chi connectivity index (χ0v) is 16.0. The van der Waals surface area contributed by atoms with Crippen molar-refractivity contribution >= 4 is 16.5 Å². The van der Waals surface area contributed by atoms with Crippen molar-refractivity contribution in [1.82, 2.24) is 15.0 Å². The fourth-order valence-electron chi connectivity index (χ4n) is 2.77. The van der Waals surface area contributed by atoms with Crippen LogP contribution >= 0.6 is 0 Å². The van der Waals surface area contributed by atoms with Crippen LogP contribution in [-0.2, 0) is 0 Å². The van der Waals surface area contributed by atoms with Gasteiger partial charge in [-0.3, -0.25) is 4.98 Å². The molecule has 0 aliphatic rings. The van der Waals surface area contributed by atoms with Gasteiger partial charge >= 0.3 is 0 Å². The molecule has 0 amide bonds. The molecule has 1 aromatic carbocycles. The van der Waals surface area contributed by atoms with Gasteiger partial charge < -0.3 is 10.5 Å². The van der Waals surface area contributed by atoms with Crippen LogP contribution in [-0.4, -0.2) is 22.1 Å². The normalized spacial score (nSPS) is 12.1. The largest absolute Gasteiger partial charge is 0.497 e. The first-order valence-corrected chi connectivity index (χ1v) is 8.81. The highest BCUT2D eigenvalue weighted by atomic mass is 16.5. The Morgan fingerprint density at radius 2 is 2.00 bits per heavy atom. The molecule has 0 atom stereocenters. The van der Waals surface area contributed by atoms with Gasteiger partial charge in [-0.25, -0.2) is 9.97 Å². The summed E-state index contributed by atoms with van der Waals surface area (Å²) in [5, 5.41) is 0.893. The van der Waals surface area contributed by atoms with Gasteiger partial charge in [0.05, 0.1) is 18.3 Å². The number of pyridine rings is 1. The van der Waals surface area contributed by atoms with Crippen LogP contribution in [0.5, 0.6) is 5.75 Å². The number of ether oxygens (including phenoxy) is 1. The summed E-state index contributed by atoms with van der Waals surface area (Å²) in [6.45, 7) is 6.09. The van der Waals surface area contributed by atoms with Gasteiger partial charge in [0.2, 0.25) is 0 Å². The Balaban J connectivity index is 2.28. The number of rotatable bonds is 6. The van der Waals surface area contributed by atoms with E-state index >= 15 is 0 Å². The van der Waals surface area contributed by atoms with Crippen LogP contribution in [0.25, 0.3) is 27.9 Å². The maximum Gasteiger partial charge on any atom is 0.161 e. The lowest BCUT2D eigenvalue weighted by Crippen LogP contribution is -1.99. The maximum atomic E-state index is 5.40.